The molecule has 0 aromatic heterocycles. The van der Waals surface area contributed by atoms with Crippen LogP contribution in [-0.4, -0.2) is 4.92 Å². The Morgan fingerprint density at radius 3 is 2.60 bits per heavy atom. The second-order valence-corrected chi connectivity index (χ2v) is 5.71. The van der Waals surface area contributed by atoms with E-state index >= 15 is 0 Å². The second-order valence-electron chi connectivity index (χ2n) is 4.01. The molecule has 0 saturated carbocycles. The lowest BCUT2D eigenvalue weighted by atomic mass is 10.2. The van der Waals surface area contributed by atoms with Crippen molar-refractivity contribution < 1.29 is 4.92 Å². The van der Waals surface area contributed by atoms with E-state index in [1.807, 2.05) is 0 Å². The summed E-state index contributed by atoms with van der Waals surface area (Å²) in [5, 5.41) is 15.1. The largest absolute Gasteiger partial charge is 0.381 e. The maximum atomic E-state index is 10.7. The van der Waals surface area contributed by atoms with Crippen LogP contribution in [0.15, 0.2) is 40.9 Å². The molecule has 0 atom stereocenters. The molecule has 0 heterocycles. The Labute approximate surface area is 134 Å². The molecule has 1 N–H and O–H groups in total. The van der Waals surface area contributed by atoms with E-state index in [4.69, 9.17) is 23.2 Å². The first kappa shape index (κ1) is 15.1. The minimum absolute atomic E-state index is 0.0244. The van der Waals surface area contributed by atoms with Crippen LogP contribution in [0.1, 0.15) is 5.56 Å². The smallest absolute Gasteiger partial charge is 0.283 e. The van der Waals surface area contributed by atoms with Gasteiger partial charge in [-0.3, -0.25) is 10.1 Å². The van der Waals surface area contributed by atoms with Crippen LogP contribution in [0.4, 0.5) is 11.4 Å². The van der Waals surface area contributed by atoms with Crippen molar-refractivity contribution in [3.8, 4) is 0 Å². The molecule has 20 heavy (non-hydrogen) atoms. The number of halogens is 3. The van der Waals surface area contributed by atoms with Crippen LogP contribution in [0.3, 0.4) is 0 Å². The average molecular weight is 376 g/mol. The van der Waals surface area contributed by atoms with Crippen molar-refractivity contribution in [3.63, 3.8) is 0 Å². The SMILES string of the molecule is O=[N+]([O-])c1ccc(NCc2cc(Cl)ccc2Cl)cc1Br. The number of nitrogens with one attached hydrogen (secondary N) is 1. The molecule has 0 radical (unpaired) electrons. The summed E-state index contributed by atoms with van der Waals surface area (Å²) in [4.78, 5) is 10.3. The first-order chi connectivity index (χ1) is 9.47. The van der Waals surface area contributed by atoms with Crippen molar-refractivity contribution in [2.75, 3.05) is 5.32 Å². The van der Waals surface area contributed by atoms with E-state index < -0.39 is 4.92 Å². The fourth-order valence-corrected chi connectivity index (χ4v) is 2.54. The molecule has 104 valence electrons. The van der Waals surface area contributed by atoms with Gasteiger partial charge in [0.2, 0.25) is 0 Å². The van der Waals surface area contributed by atoms with Gasteiger partial charge in [0.15, 0.2) is 0 Å². The molecule has 0 fully saturated rings. The van der Waals surface area contributed by atoms with Crippen LogP contribution in [0.5, 0.6) is 0 Å². The zero-order valence-electron chi connectivity index (χ0n) is 10.1. The Morgan fingerprint density at radius 2 is 1.95 bits per heavy atom. The minimum Gasteiger partial charge on any atom is -0.381 e. The fraction of sp³-hybridized carbons (Fsp3) is 0.0769. The molecule has 0 aliphatic carbocycles. The number of benzene rings is 2. The molecule has 2 rings (SSSR count). The summed E-state index contributed by atoms with van der Waals surface area (Å²) in [7, 11) is 0. The van der Waals surface area contributed by atoms with Gasteiger partial charge in [0.1, 0.15) is 0 Å². The highest BCUT2D eigenvalue weighted by Crippen LogP contribution is 2.28. The summed E-state index contributed by atoms with van der Waals surface area (Å²) in [5.74, 6) is 0. The molecular formula is C13H9BrCl2N2O2. The number of anilines is 1. The van der Waals surface area contributed by atoms with Crippen LogP contribution in [-0.2, 0) is 6.54 Å². The average Bonchev–Trinajstić information content (AvgIpc) is 2.39. The third kappa shape index (κ3) is 3.62. The van der Waals surface area contributed by atoms with Gasteiger partial charge in [-0.15, -0.1) is 0 Å². The van der Waals surface area contributed by atoms with Crippen molar-refractivity contribution in [1.29, 1.82) is 0 Å². The molecule has 0 spiro atoms. The standard InChI is InChI=1S/C13H9BrCl2N2O2/c14-11-6-10(2-4-13(11)18(19)20)17-7-8-5-9(15)1-3-12(8)16/h1-6,17H,7H2. The van der Waals surface area contributed by atoms with E-state index in [0.29, 0.717) is 21.1 Å². The molecule has 0 amide bonds. The van der Waals surface area contributed by atoms with Gasteiger partial charge in [-0.2, -0.15) is 0 Å². The fourth-order valence-electron chi connectivity index (χ4n) is 1.64. The maximum absolute atomic E-state index is 10.7. The molecule has 2 aromatic rings. The van der Waals surface area contributed by atoms with Gasteiger partial charge < -0.3 is 5.32 Å². The predicted molar refractivity (Wildman–Crippen MR) is 84.6 cm³/mol. The van der Waals surface area contributed by atoms with Crippen molar-refractivity contribution in [2.45, 2.75) is 6.54 Å². The highest BCUT2D eigenvalue weighted by molar-refractivity contribution is 9.10. The lowest BCUT2D eigenvalue weighted by Crippen LogP contribution is -2.00. The van der Waals surface area contributed by atoms with Crippen molar-refractivity contribution in [1.82, 2.24) is 0 Å². The quantitative estimate of drug-likeness (QED) is 0.584. The lowest BCUT2D eigenvalue weighted by Gasteiger charge is -2.09. The zero-order chi connectivity index (χ0) is 14.7. The van der Waals surface area contributed by atoms with Crippen LogP contribution < -0.4 is 5.32 Å². The molecule has 0 aliphatic heterocycles. The number of nitrogens with zero attached hydrogens (tertiary/aromatic N) is 1. The maximum Gasteiger partial charge on any atom is 0.283 e. The zero-order valence-corrected chi connectivity index (χ0v) is 13.2. The Kier molecular flexibility index (Phi) is 4.86. The third-order valence-electron chi connectivity index (χ3n) is 2.64. The third-order valence-corrected chi connectivity index (χ3v) is 3.87. The highest BCUT2D eigenvalue weighted by Gasteiger charge is 2.11. The van der Waals surface area contributed by atoms with Gasteiger partial charge in [0.05, 0.1) is 9.40 Å². The van der Waals surface area contributed by atoms with Crippen LogP contribution in [0, 0.1) is 10.1 Å². The molecular weight excluding hydrogens is 367 g/mol. The normalized spacial score (nSPS) is 10.3. The van der Waals surface area contributed by atoms with Crippen molar-refractivity contribution in [2.24, 2.45) is 0 Å². The summed E-state index contributed by atoms with van der Waals surface area (Å²) in [6.45, 7) is 0.476. The monoisotopic (exact) mass is 374 g/mol. The van der Waals surface area contributed by atoms with Crippen LogP contribution >= 0.6 is 39.1 Å². The first-order valence-corrected chi connectivity index (χ1v) is 7.14. The van der Waals surface area contributed by atoms with Gasteiger partial charge in [-0.25, -0.2) is 0 Å². The predicted octanol–water partition coefficient (Wildman–Crippen LogP) is 5.28. The number of nitro groups is 1. The lowest BCUT2D eigenvalue weighted by molar-refractivity contribution is -0.385. The Hall–Kier alpha value is -1.30. The van der Waals surface area contributed by atoms with Crippen LogP contribution in [0.25, 0.3) is 0 Å². The topological polar surface area (TPSA) is 55.2 Å². The summed E-state index contributed by atoms with van der Waals surface area (Å²) < 4.78 is 0.421. The van der Waals surface area contributed by atoms with E-state index in [-0.39, 0.29) is 5.69 Å². The number of hydrogen-bond donors (Lipinski definition) is 1. The van der Waals surface area contributed by atoms with Crippen molar-refractivity contribution >= 4 is 50.5 Å². The first-order valence-electron chi connectivity index (χ1n) is 5.59. The molecule has 0 aliphatic rings. The molecule has 7 heteroatoms. The van der Waals surface area contributed by atoms with Gasteiger partial charge in [-0.1, -0.05) is 23.2 Å². The van der Waals surface area contributed by atoms with E-state index in [9.17, 15) is 10.1 Å². The van der Waals surface area contributed by atoms with E-state index in [2.05, 4.69) is 21.2 Å². The molecule has 0 unspecified atom stereocenters. The van der Waals surface area contributed by atoms with E-state index in [1.54, 1.807) is 30.3 Å². The number of nitro benzene ring substituents is 1. The van der Waals surface area contributed by atoms with E-state index in [1.165, 1.54) is 6.07 Å². The molecule has 0 bridgehead atoms. The van der Waals surface area contributed by atoms with Gasteiger partial charge in [0, 0.05) is 28.3 Å². The highest BCUT2D eigenvalue weighted by atomic mass is 79.9. The van der Waals surface area contributed by atoms with Crippen LogP contribution in [0.2, 0.25) is 10.0 Å². The molecule has 4 nitrogen and oxygen atoms in total. The Bertz CT molecular complexity index is 665. The van der Waals surface area contributed by atoms with Gasteiger partial charge in [-0.05, 0) is 51.8 Å². The summed E-state index contributed by atoms with van der Waals surface area (Å²) in [5.41, 5.74) is 1.63. The van der Waals surface area contributed by atoms with Gasteiger partial charge >= 0.3 is 0 Å². The van der Waals surface area contributed by atoms with Crippen molar-refractivity contribution in [3.05, 3.63) is 66.6 Å². The summed E-state index contributed by atoms with van der Waals surface area (Å²) in [6.07, 6.45) is 0. The van der Waals surface area contributed by atoms with Gasteiger partial charge in [0.25, 0.3) is 5.69 Å². The molecule has 0 saturated heterocycles. The van der Waals surface area contributed by atoms with E-state index in [0.717, 1.165) is 11.3 Å². The number of rotatable bonds is 4. The summed E-state index contributed by atoms with van der Waals surface area (Å²) in [6, 6.07) is 9.95. The summed E-state index contributed by atoms with van der Waals surface area (Å²) >= 11 is 15.1. The Balaban J connectivity index is 2.13. The Morgan fingerprint density at radius 1 is 1.20 bits per heavy atom. The second kappa shape index (κ2) is 6.43. The number of hydrogen-bond acceptors (Lipinski definition) is 3. The minimum atomic E-state index is -0.443. The molecule has 2 aromatic carbocycles.